The molecular formula is C12H17ClO5S. The number of hydrogen-bond donors (Lipinski definition) is 0. The minimum atomic E-state index is -3.89. The fourth-order valence-corrected chi connectivity index (χ4v) is 4.07. The van der Waals surface area contributed by atoms with E-state index >= 15 is 0 Å². The van der Waals surface area contributed by atoms with E-state index in [1.807, 2.05) is 0 Å². The zero-order chi connectivity index (χ0) is 14.1. The molecule has 1 spiro atoms. The van der Waals surface area contributed by atoms with Gasteiger partial charge in [-0.2, -0.15) is 0 Å². The molecule has 19 heavy (non-hydrogen) atoms. The van der Waals surface area contributed by atoms with Crippen molar-refractivity contribution in [3.63, 3.8) is 0 Å². The van der Waals surface area contributed by atoms with Crippen LogP contribution in [-0.2, 0) is 23.3 Å². The normalized spacial score (nSPS) is 27.9. The van der Waals surface area contributed by atoms with Gasteiger partial charge in [-0.25, -0.2) is 13.2 Å². The topological polar surface area (TPSA) is 69.7 Å². The van der Waals surface area contributed by atoms with Crippen LogP contribution in [0.15, 0.2) is 10.5 Å². The molecule has 1 fully saturated rings. The van der Waals surface area contributed by atoms with Crippen molar-refractivity contribution in [3.05, 3.63) is 10.5 Å². The number of halogens is 1. The van der Waals surface area contributed by atoms with Crippen LogP contribution in [0, 0.1) is 0 Å². The summed E-state index contributed by atoms with van der Waals surface area (Å²) in [6.45, 7) is 2.53. The van der Waals surface area contributed by atoms with Gasteiger partial charge in [0.2, 0.25) is 0 Å². The molecule has 0 saturated carbocycles. The number of ether oxygens (including phenoxy) is 2. The Morgan fingerprint density at radius 2 is 2.21 bits per heavy atom. The lowest BCUT2D eigenvalue weighted by molar-refractivity contribution is -0.139. The molecule has 5 nitrogen and oxygen atoms in total. The Balaban J connectivity index is 2.36. The van der Waals surface area contributed by atoms with Crippen molar-refractivity contribution in [2.45, 2.75) is 44.6 Å². The van der Waals surface area contributed by atoms with Crippen LogP contribution in [0.1, 0.15) is 39.0 Å². The van der Waals surface area contributed by atoms with Crippen LogP contribution in [-0.4, -0.2) is 33.2 Å². The summed E-state index contributed by atoms with van der Waals surface area (Å²) in [6, 6.07) is 0. The molecule has 1 atom stereocenters. The maximum absolute atomic E-state index is 11.9. The van der Waals surface area contributed by atoms with Crippen LogP contribution in [0.2, 0.25) is 0 Å². The van der Waals surface area contributed by atoms with Crippen molar-refractivity contribution in [1.82, 2.24) is 0 Å². The van der Waals surface area contributed by atoms with Crippen molar-refractivity contribution < 1.29 is 22.7 Å². The first-order valence-corrected chi connectivity index (χ1v) is 8.67. The largest absolute Gasteiger partial charge is 0.463 e. The van der Waals surface area contributed by atoms with E-state index < -0.39 is 20.6 Å². The average Bonchev–Trinajstić information content (AvgIpc) is 2.76. The molecule has 7 heteroatoms. The zero-order valence-corrected chi connectivity index (χ0v) is 12.3. The lowest BCUT2D eigenvalue weighted by atomic mass is 9.82. The van der Waals surface area contributed by atoms with Crippen molar-refractivity contribution in [3.8, 4) is 0 Å². The molecule has 1 saturated heterocycles. The smallest absolute Gasteiger partial charge is 0.335 e. The second-order valence-electron chi connectivity index (χ2n) is 4.87. The summed E-state index contributed by atoms with van der Waals surface area (Å²) in [5.74, 6) is -0.601. The Kier molecular flexibility index (Phi) is 4.23. The fraction of sp³-hybridized carbons (Fsp3) is 0.750. The summed E-state index contributed by atoms with van der Waals surface area (Å²) in [6.07, 6.45) is 2.86. The number of carbonyl (C=O) groups is 1. The SMILES string of the molecule is CCOC(=O)C1=C(S(=O)(=O)Cl)CCC2(CCCO2)C1. The lowest BCUT2D eigenvalue weighted by Crippen LogP contribution is -2.35. The highest BCUT2D eigenvalue weighted by Crippen LogP contribution is 2.44. The van der Waals surface area contributed by atoms with Crippen molar-refractivity contribution >= 4 is 25.7 Å². The minimum absolute atomic E-state index is 0.00579. The van der Waals surface area contributed by atoms with Gasteiger partial charge in [0.25, 0.3) is 9.05 Å². The van der Waals surface area contributed by atoms with Crippen LogP contribution < -0.4 is 0 Å². The molecule has 1 aliphatic carbocycles. The first-order valence-electron chi connectivity index (χ1n) is 6.36. The molecule has 2 rings (SSSR count). The van der Waals surface area contributed by atoms with Gasteiger partial charge < -0.3 is 9.47 Å². The molecule has 1 heterocycles. The van der Waals surface area contributed by atoms with Crippen LogP contribution in [0.5, 0.6) is 0 Å². The fourth-order valence-electron chi connectivity index (χ4n) is 2.77. The van der Waals surface area contributed by atoms with Gasteiger partial charge in [-0.1, -0.05) is 0 Å². The molecule has 0 bridgehead atoms. The highest BCUT2D eigenvalue weighted by atomic mass is 35.7. The second kappa shape index (κ2) is 5.42. The molecule has 1 unspecified atom stereocenters. The highest BCUT2D eigenvalue weighted by molar-refractivity contribution is 8.16. The van der Waals surface area contributed by atoms with Crippen molar-refractivity contribution in [1.29, 1.82) is 0 Å². The van der Waals surface area contributed by atoms with Gasteiger partial charge in [-0.05, 0) is 32.6 Å². The number of rotatable bonds is 3. The molecule has 0 aromatic carbocycles. The summed E-state index contributed by atoms with van der Waals surface area (Å²) >= 11 is 0. The van der Waals surface area contributed by atoms with Crippen LogP contribution in [0.4, 0.5) is 0 Å². The molecular weight excluding hydrogens is 292 g/mol. The van der Waals surface area contributed by atoms with Gasteiger partial charge in [0.15, 0.2) is 0 Å². The van der Waals surface area contributed by atoms with E-state index in [9.17, 15) is 13.2 Å². The number of carbonyl (C=O) groups excluding carboxylic acids is 1. The molecule has 0 N–H and O–H groups in total. The Morgan fingerprint density at radius 3 is 2.74 bits per heavy atom. The Morgan fingerprint density at radius 1 is 1.47 bits per heavy atom. The highest BCUT2D eigenvalue weighted by Gasteiger charge is 2.43. The molecule has 0 aromatic heterocycles. The van der Waals surface area contributed by atoms with Gasteiger partial charge in [0.1, 0.15) is 0 Å². The maximum Gasteiger partial charge on any atom is 0.335 e. The van der Waals surface area contributed by atoms with E-state index in [-0.39, 0.29) is 29.9 Å². The number of hydrogen-bond acceptors (Lipinski definition) is 5. The van der Waals surface area contributed by atoms with E-state index in [1.165, 1.54) is 0 Å². The molecule has 1 aliphatic heterocycles. The van der Waals surface area contributed by atoms with Gasteiger partial charge in [0.05, 0.1) is 22.7 Å². The van der Waals surface area contributed by atoms with E-state index in [4.69, 9.17) is 20.2 Å². The lowest BCUT2D eigenvalue weighted by Gasteiger charge is -2.33. The number of esters is 1. The molecule has 2 aliphatic rings. The zero-order valence-electron chi connectivity index (χ0n) is 10.8. The Hall–Kier alpha value is -0.590. The van der Waals surface area contributed by atoms with E-state index in [1.54, 1.807) is 6.92 Å². The third-order valence-electron chi connectivity index (χ3n) is 3.64. The Bertz CT molecular complexity index is 502. The second-order valence-corrected chi connectivity index (χ2v) is 7.46. The predicted octanol–water partition coefficient (Wildman–Crippen LogP) is 2.11. The quantitative estimate of drug-likeness (QED) is 0.590. The van der Waals surface area contributed by atoms with E-state index in [0.717, 1.165) is 12.8 Å². The van der Waals surface area contributed by atoms with Gasteiger partial charge in [-0.3, -0.25) is 0 Å². The first kappa shape index (κ1) is 14.8. The summed E-state index contributed by atoms with van der Waals surface area (Å²) in [7, 11) is 1.52. The molecule has 108 valence electrons. The summed E-state index contributed by atoms with van der Waals surface area (Å²) in [5.41, 5.74) is -0.252. The van der Waals surface area contributed by atoms with Crippen molar-refractivity contribution in [2.24, 2.45) is 0 Å². The van der Waals surface area contributed by atoms with Gasteiger partial charge in [0, 0.05) is 23.7 Å². The van der Waals surface area contributed by atoms with Gasteiger partial charge >= 0.3 is 5.97 Å². The maximum atomic E-state index is 11.9. The standard InChI is InChI=1S/C12H17ClO5S/c1-2-17-11(14)9-8-12(5-3-7-18-12)6-4-10(9)19(13,15)16/h2-8H2,1H3. The molecule has 0 amide bonds. The third kappa shape index (κ3) is 3.12. The Labute approximate surface area is 117 Å². The minimum Gasteiger partial charge on any atom is -0.463 e. The summed E-state index contributed by atoms with van der Waals surface area (Å²) in [5, 5.41) is 0. The van der Waals surface area contributed by atoms with E-state index in [0.29, 0.717) is 13.0 Å². The van der Waals surface area contributed by atoms with Crippen molar-refractivity contribution in [2.75, 3.05) is 13.2 Å². The first-order chi connectivity index (χ1) is 8.88. The average molecular weight is 309 g/mol. The summed E-state index contributed by atoms with van der Waals surface area (Å²) in [4.78, 5) is 11.9. The number of allylic oxidation sites excluding steroid dienone is 1. The van der Waals surface area contributed by atoms with E-state index in [2.05, 4.69) is 0 Å². The molecule has 0 aromatic rings. The van der Waals surface area contributed by atoms with Crippen LogP contribution in [0.3, 0.4) is 0 Å². The van der Waals surface area contributed by atoms with Crippen LogP contribution in [0.25, 0.3) is 0 Å². The summed E-state index contributed by atoms with van der Waals surface area (Å²) < 4.78 is 33.8. The third-order valence-corrected chi connectivity index (χ3v) is 5.24. The predicted molar refractivity (Wildman–Crippen MR) is 70.2 cm³/mol. The molecule has 0 radical (unpaired) electrons. The van der Waals surface area contributed by atoms with Gasteiger partial charge in [-0.15, -0.1) is 0 Å². The van der Waals surface area contributed by atoms with Crippen LogP contribution >= 0.6 is 10.7 Å². The monoisotopic (exact) mass is 308 g/mol.